The van der Waals surface area contributed by atoms with Gasteiger partial charge in [-0.25, -0.2) is 0 Å². The molecule has 6 nitrogen and oxygen atoms in total. The van der Waals surface area contributed by atoms with Crippen molar-refractivity contribution in [2.45, 2.75) is 31.7 Å². The lowest BCUT2D eigenvalue weighted by Gasteiger charge is -2.46. The molecule has 2 aromatic rings. The van der Waals surface area contributed by atoms with E-state index in [0.29, 0.717) is 44.8 Å². The van der Waals surface area contributed by atoms with Crippen molar-refractivity contribution in [2.75, 3.05) is 32.8 Å². The highest BCUT2D eigenvalue weighted by molar-refractivity contribution is 5.98. The van der Waals surface area contributed by atoms with E-state index in [2.05, 4.69) is 4.98 Å². The standard InChI is InChI=1S/C20H25N3O3/c1-2-23-18(24)6-10-22(14-20(23)7-11-26-12-8-20)19(25)16-4-3-15-5-9-21-17(15)13-16/h3-5,9,13,21H,2,6-8,10-12,14H2,1H3. The number of likely N-dealkylation sites (N-methyl/N-ethyl adjacent to an activating group) is 1. The fourth-order valence-electron chi connectivity index (χ4n) is 4.38. The number of H-pyrrole nitrogens is 1. The number of benzene rings is 1. The zero-order valence-corrected chi connectivity index (χ0v) is 15.2. The van der Waals surface area contributed by atoms with E-state index in [-0.39, 0.29) is 17.4 Å². The Hall–Kier alpha value is -2.34. The van der Waals surface area contributed by atoms with Gasteiger partial charge in [0.15, 0.2) is 0 Å². The summed E-state index contributed by atoms with van der Waals surface area (Å²) >= 11 is 0. The van der Waals surface area contributed by atoms with E-state index >= 15 is 0 Å². The van der Waals surface area contributed by atoms with Gasteiger partial charge in [0, 0.05) is 56.5 Å². The van der Waals surface area contributed by atoms with Crippen LogP contribution in [0.4, 0.5) is 0 Å². The van der Waals surface area contributed by atoms with Gasteiger partial charge in [0.25, 0.3) is 5.91 Å². The molecule has 2 fully saturated rings. The number of amides is 2. The van der Waals surface area contributed by atoms with Crippen LogP contribution in [0.2, 0.25) is 0 Å². The molecular formula is C20H25N3O3. The van der Waals surface area contributed by atoms with E-state index in [9.17, 15) is 9.59 Å². The number of nitrogens with one attached hydrogen (secondary N) is 1. The van der Waals surface area contributed by atoms with Crippen LogP contribution in [0.15, 0.2) is 30.5 Å². The summed E-state index contributed by atoms with van der Waals surface area (Å²) in [6.45, 7) is 5.03. The number of rotatable bonds is 2. The summed E-state index contributed by atoms with van der Waals surface area (Å²) in [5.74, 6) is 0.141. The summed E-state index contributed by atoms with van der Waals surface area (Å²) < 4.78 is 5.54. The van der Waals surface area contributed by atoms with Crippen LogP contribution in [0, 0.1) is 0 Å². The number of carbonyl (C=O) groups excluding carboxylic acids is 2. The summed E-state index contributed by atoms with van der Waals surface area (Å²) in [5, 5.41) is 1.09. The molecule has 0 bridgehead atoms. The van der Waals surface area contributed by atoms with E-state index in [1.54, 1.807) is 0 Å². The summed E-state index contributed by atoms with van der Waals surface area (Å²) in [6.07, 6.45) is 3.82. The Balaban J connectivity index is 1.64. The summed E-state index contributed by atoms with van der Waals surface area (Å²) in [6, 6.07) is 7.73. The summed E-state index contributed by atoms with van der Waals surface area (Å²) in [5.41, 5.74) is 1.32. The Morgan fingerprint density at radius 2 is 2.08 bits per heavy atom. The van der Waals surface area contributed by atoms with Crippen molar-refractivity contribution in [3.8, 4) is 0 Å². The lowest BCUT2D eigenvalue weighted by Crippen LogP contribution is -2.58. The maximum absolute atomic E-state index is 13.2. The molecule has 0 saturated carbocycles. The second-order valence-electron chi connectivity index (χ2n) is 7.23. The molecule has 1 spiro atoms. The third-order valence-electron chi connectivity index (χ3n) is 5.78. The van der Waals surface area contributed by atoms with Crippen molar-refractivity contribution in [1.29, 1.82) is 0 Å². The Morgan fingerprint density at radius 3 is 2.85 bits per heavy atom. The molecule has 1 aromatic carbocycles. The topological polar surface area (TPSA) is 65.6 Å². The average Bonchev–Trinajstić information content (AvgIpc) is 3.08. The highest BCUT2D eigenvalue weighted by atomic mass is 16.5. The van der Waals surface area contributed by atoms with Gasteiger partial charge >= 0.3 is 0 Å². The number of fused-ring (bicyclic) bond motifs is 1. The summed E-state index contributed by atoms with van der Waals surface area (Å²) in [7, 11) is 0. The minimum atomic E-state index is -0.299. The number of carbonyl (C=O) groups is 2. The molecule has 1 aromatic heterocycles. The lowest BCUT2D eigenvalue weighted by molar-refractivity contribution is -0.139. The molecule has 2 aliphatic heterocycles. The highest BCUT2D eigenvalue weighted by Crippen LogP contribution is 2.32. The number of aromatic nitrogens is 1. The molecule has 138 valence electrons. The molecule has 0 aliphatic carbocycles. The van der Waals surface area contributed by atoms with Gasteiger partial charge in [0.05, 0.1) is 5.54 Å². The smallest absolute Gasteiger partial charge is 0.254 e. The molecule has 0 unspecified atom stereocenters. The third kappa shape index (κ3) is 2.88. The predicted molar refractivity (Wildman–Crippen MR) is 99.0 cm³/mol. The molecule has 2 saturated heterocycles. The van der Waals surface area contributed by atoms with Crippen LogP contribution in [0.5, 0.6) is 0 Å². The Morgan fingerprint density at radius 1 is 1.27 bits per heavy atom. The lowest BCUT2D eigenvalue weighted by atomic mass is 9.87. The van der Waals surface area contributed by atoms with Gasteiger partial charge in [-0.3, -0.25) is 9.59 Å². The number of hydrogen-bond donors (Lipinski definition) is 1. The Kier molecular flexibility index (Phi) is 4.44. The number of ether oxygens (including phenoxy) is 1. The monoisotopic (exact) mass is 355 g/mol. The number of hydrogen-bond acceptors (Lipinski definition) is 3. The molecule has 1 N–H and O–H groups in total. The molecule has 4 rings (SSSR count). The Labute approximate surface area is 153 Å². The second-order valence-corrected chi connectivity index (χ2v) is 7.23. The molecule has 2 aliphatic rings. The normalized spacial score (nSPS) is 20.6. The fraction of sp³-hybridized carbons (Fsp3) is 0.500. The first-order chi connectivity index (χ1) is 12.6. The van der Waals surface area contributed by atoms with Crippen LogP contribution < -0.4 is 0 Å². The molecule has 2 amide bonds. The SMILES string of the molecule is CCN1C(=O)CCN(C(=O)c2ccc3cc[nH]c3c2)CC12CCOCC2. The van der Waals surface area contributed by atoms with E-state index in [0.717, 1.165) is 23.7 Å². The molecule has 26 heavy (non-hydrogen) atoms. The van der Waals surface area contributed by atoms with Crippen molar-refractivity contribution < 1.29 is 14.3 Å². The largest absolute Gasteiger partial charge is 0.381 e. The highest BCUT2D eigenvalue weighted by Gasteiger charge is 2.44. The van der Waals surface area contributed by atoms with Crippen LogP contribution >= 0.6 is 0 Å². The summed E-state index contributed by atoms with van der Waals surface area (Å²) in [4.78, 5) is 32.9. The van der Waals surface area contributed by atoms with Crippen molar-refractivity contribution in [3.63, 3.8) is 0 Å². The fourth-order valence-corrected chi connectivity index (χ4v) is 4.38. The molecular weight excluding hydrogens is 330 g/mol. The van der Waals surface area contributed by atoms with Gasteiger partial charge in [-0.15, -0.1) is 0 Å². The van der Waals surface area contributed by atoms with Gasteiger partial charge < -0.3 is 19.5 Å². The van der Waals surface area contributed by atoms with E-state index in [1.165, 1.54) is 0 Å². The molecule has 0 atom stereocenters. The van der Waals surface area contributed by atoms with Crippen LogP contribution in [0.3, 0.4) is 0 Å². The first-order valence-corrected chi connectivity index (χ1v) is 9.38. The van der Waals surface area contributed by atoms with Crippen molar-refractivity contribution in [3.05, 3.63) is 36.0 Å². The molecule has 6 heteroatoms. The van der Waals surface area contributed by atoms with E-state index in [1.807, 2.05) is 47.2 Å². The van der Waals surface area contributed by atoms with Crippen LogP contribution in [-0.2, 0) is 9.53 Å². The predicted octanol–water partition coefficient (Wildman–Crippen LogP) is 2.41. The molecule has 3 heterocycles. The van der Waals surface area contributed by atoms with E-state index < -0.39 is 0 Å². The van der Waals surface area contributed by atoms with Gasteiger partial charge in [-0.2, -0.15) is 0 Å². The van der Waals surface area contributed by atoms with Crippen LogP contribution in [-0.4, -0.2) is 65.0 Å². The number of nitrogens with zero attached hydrogens (tertiary/aromatic N) is 2. The minimum Gasteiger partial charge on any atom is -0.381 e. The number of aromatic amines is 1. The maximum atomic E-state index is 13.2. The third-order valence-corrected chi connectivity index (χ3v) is 5.78. The first kappa shape index (κ1) is 17.1. The zero-order chi connectivity index (χ0) is 18.1. The van der Waals surface area contributed by atoms with Crippen molar-refractivity contribution in [2.24, 2.45) is 0 Å². The van der Waals surface area contributed by atoms with Gasteiger partial charge in [0.1, 0.15) is 0 Å². The van der Waals surface area contributed by atoms with E-state index in [4.69, 9.17) is 4.74 Å². The van der Waals surface area contributed by atoms with Gasteiger partial charge in [-0.1, -0.05) is 6.07 Å². The zero-order valence-electron chi connectivity index (χ0n) is 15.2. The maximum Gasteiger partial charge on any atom is 0.254 e. The average molecular weight is 355 g/mol. The van der Waals surface area contributed by atoms with Crippen LogP contribution in [0.1, 0.15) is 36.5 Å². The first-order valence-electron chi connectivity index (χ1n) is 9.38. The van der Waals surface area contributed by atoms with Gasteiger partial charge in [-0.05, 0) is 43.4 Å². The van der Waals surface area contributed by atoms with Gasteiger partial charge in [0.2, 0.25) is 5.91 Å². The quantitative estimate of drug-likeness (QED) is 0.900. The minimum absolute atomic E-state index is 0.00174. The molecule has 0 radical (unpaired) electrons. The second kappa shape index (κ2) is 6.76. The van der Waals surface area contributed by atoms with Crippen LogP contribution in [0.25, 0.3) is 10.9 Å². The Bertz CT molecular complexity index is 823. The van der Waals surface area contributed by atoms with Crippen molar-refractivity contribution >= 4 is 22.7 Å². The van der Waals surface area contributed by atoms with Crippen molar-refractivity contribution in [1.82, 2.24) is 14.8 Å².